The number of hydrogen-bond donors (Lipinski definition) is 2. The molecule has 0 saturated heterocycles. The van der Waals surface area contributed by atoms with Gasteiger partial charge in [0, 0.05) is 0 Å². The molecule has 0 spiro atoms. The summed E-state index contributed by atoms with van der Waals surface area (Å²) in [7, 11) is -3.62. The largest absolute Gasteiger partial charge is 0.480 e. The highest BCUT2D eigenvalue weighted by Crippen LogP contribution is 2.37. The zero-order valence-electron chi connectivity index (χ0n) is 12.1. The summed E-state index contributed by atoms with van der Waals surface area (Å²) >= 11 is 0. The number of sulfone groups is 1. The number of carboxylic acids is 1. The van der Waals surface area contributed by atoms with Gasteiger partial charge >= 0.3 is 5.97 Å². The Labute approximate surface area is 125 Å². The molecule has 0 unspecified atom stereocenters. The first kappa shape index (κ1) is 16.0. The lowest BCUT2D eigenvalue weighted by Gasteiger charge is -2.37. The molecule has 5 nitrogen and oxygen atoms in total. The van der Waals surface area contributed by atoms with Crippen molar-refractivity contribution in [2.75, 3.05) is 6.54 Å². The van der Waals surface area contributed by atoms with Gasteiger partial charge in [-0.2, -0.15) is 0 Å². The Morgan fingerprint density at radius 2 is 1.86 bits per heavy atom. The average Bonchev–Trinajstić information content (AvgIpc) is 2.46. The highest BCUT2D eigenvalue weighted by Gasteiger charge is 2.45. The maximum absolute atomic E-state index is 13.1. The molecule has 0 aromatic heterocycles. The molecule has 0 amide bonds. The van der Waals surface area contributed by atoms with Gasteiger partial charge in [0.25, 0.3) is 0 Å². The van der Waals surface area contributed by atoms with Crippen LogP contribution in [0.2, 0.25) is 0 Å². The minimum atomic E-state index is -3.62. The van der Waals surface area contributed by atoms with E-state index in [1.54, 1.807) is 31.2 Å². The van der Waals surface area contributed by atoms with Crippen LogP contribution in [0.5, 0.6) is 0 Å². The van der Waals surface area contributed by atoms with Crippen molar-refractivity contribution >= 4 is 15.8 Å². The third-order valence-corrected chi connectivity index (χ3v) is 6.74. The van der Waals surface area contributed by atoms with Crippen LogP contribution < -0.4 is 5.32 Å². The SMILES string of the molecule is Cc1ccccc1S(=O)(=O)C1(NCC(=O)O)CCCCC1. The van der Waals surface area contributed by atoms with E-state index in [1.165, 1.54) is 0 Å². The van der Waals surface area contributed by atoms with Crippen LogP contribution >= 0.6 is 0 Å². The molecule has 0 aliphatic heterocycles. The lowest BCUT2D eigenvalue weighted by molar-refractivity contribution is -0.136. The van der Waals surface area contributed by atoms with Crippen LogP contribution in [0.4, 0.5) is 0 Å². The summed E-state index contributed by atoms with van der Waals surface area (Å²) in [6, 6.07) is 6.87. The Balaban J connectivity index is 2.44. The van der Waals surface area contributed by atoms with Crippen LogP contribution in [0.15, 0.2) is 29.2 Å². The fourth-order valence-electron chi connectivity index (χ4n) is 2.97. The molecule has 0 atom stereocenters. The lowest BCUT2D eigenvalue weighted by atomic mass is 9.94. The van der Waals surface area contributed by atoms with E-state index in [4.69, 9.17) is 5.11 Å². The summed E-state index contributed by atoms with van der Waals surface area (Å²) in [5, 5.41) is 11.7. The fourth-order valence-corrected chi connectivity index (χ4v) is 5.23. The summed E-state index contributed by atoms with van der Waals surface area (Å²) in [5.41, 5.74) is 0.694. The molecule has 1 aromatic carbocycles. The third-order valence-electron chi connectivity index (χ3n) is 4.12. The number of carbonyl (C=O) groups is 1. The van der Waals surface area contributed by atoms with Gasteiger partial charge in [-0.3, -0.25) is 10.1 Å². The smallest absolute Gasteiger partial charge is 0.317 e. The van der Waals surface area contributed by atoms with Crippen molar-refractivity contribution in [2.45, 2.75) is 48.8 Å². The van der Waals surface area contributed by atoms with E-state index in [2.05, 4.69) is 5.32 Å². The van der Waals surface area contributed by atoms with E-state index >= 15 is 0 Å². The number of carboxylic acid groups (broad SMARTS) is 1. The molecule has 1 saturated carbocycles. The second kappa shape index (κ2) is 6.15. The molecule has 1 fully saturated rings. The summed E-state index contributed by atoms with van der Waals surface area (Å²) in [4.78, 5) is 10.00. The number of hydrogen-bond acceptors (Lipinski definition) is 4. The standard InChI is InChI=1S/C15H21NO4S/c1-12-7-3-4-8-13(12)21(19,20)15(16-11-14(17)18)9-5-2-6-10-15/h3-4,7-8,16H,2,5-6,9-11H2,1H3,(H,17,18). The first-order valence-electron chi connectivity index (χ1n) is 7.16. The summed E-state index contributed by atoms with van der Waals surface area (Å²) in [6.07, 6.45) is 3.48. The monoisotopic (exact) mass is 311 g/mol. The van der Waals surface area contributed by atoms with E-state index in [-0.39, 0.29) is 6.54 Å². The van der Waals surface area contributed by atoms with Crippen LogP contribution in [-0.2, 0) is 14.6 Å². The Morgan fingerprint density at radius 3 is 2.43 bits per heavy atom. The molecule has 1 aliphatic rings. The molecular weight excluding hydrogens is 290 g/mol. The van der Waals surface area contributed by atoms with Crippen molar-refractivity contribution in [3.05, 3.63) is 29.8 Å². The van der Waals surface area contributed by atoms with E-state index in [1.807, 2.05) is 0 Å². The van der Waals surface area contributed by atoms with Crippen molar-refractivity contribution in [3.8, 4) is 0 Å². The second-order valence-corrected chi connectivity index (χ2v) is 7.80. The van der Waals surface area contributed by atoms with E-state index in [0.717, 1.165) is 19.3 Å². The molecule has 1 aliphatic carbocycles. The lowest BCUT2D eigenvalue weighted by Crippen LogP contribution is -2.54. The minimum absolute atomic E-state index is 0.296. The maximum atomic E-state index is 13.1. The predicted molar refractivity (Wildman–Crippen MR) is 79.8 cm³/mol. The van der Waals surface area contributed by atoms with Crippen molar-refractivity contribution in [2.24, 2.45) is 0 Å². The Kier molecular flexibility index (Phi) is 4.68. The third kappa shape index (κ3) is 3.11. The Morgan fingerprint density at radius 1 is 1.24 bits per heavy atom. The molecule has 6 heteroatoms. The number of aryl methyl sites for hydroxylation is 1. The van der Waals surface area contributed by atoms with E-state index in [0.29, 0.717) is 23.3 Å². The maximum Gasteiger partial charge on any atom is 0.317 e. The van der Waals surface area contributed by atoms with Gasteiger partial charge in [0.2, 0.25) is 0 Å². The first-order chi connectivity index (χ1) is 9.89. The van der Waals surface area contributed by atoms with Crippen LogP contribution in [0.3, 0.4) is 0 Å². The second-order valence-electron chi connectivity index (χ2n) is 5.57. The van der Waals surface area contributed by atoms with Crippen LogP contribution in [0.1, 0.15) is 37.7 Å². The zero-order chi connectivity index (χ0) is 15.5. The van der Waals surface area contributed by atoms with Crippen molar-refractivity contribution in [3.63, 3.8) is 0 Å². The summed E-state index contributed by atoms with van der Waals surface area (Å²) in [5.74, 6) is -1.04. The summed E-state index contributed by atoms with van der Waals surface area (Å²) in [6.45, 7) is 1.42. The topological polar surface area (TPSA) is 83.5 Å². The van der Waals surface area contributed by atoms with Gasteiger partial charge in [0.1, 0.15) is 4.87 Å². The number of aliphatic carboxylic acids is 1. The van der Waals surface area contributed by atoms with Gasteiger partial charge in [-0.25, -0.2) is 8.42 Å². The fraction of sp³-hybridized carbons (Fsp3) is 0.533. The molecule has 0 bridgehead atoms. The molecular formula is C15H21NO4S. The highest BCUT2D eigenvalue weighted by atomic mass is 32.2. The van der Waals surface area contributed by atoms with Gasteiger partial charge in [0.05, 0.1) is 11.4 Å². The average molecular weight is 311 g/mol. The molecule has 0 heterocycles. The molecule has 21 heavy (non-hydrogen) atoms. The molecule has 0 radical (unpaired) electrons. The van der Waals surface area contributed by atoms with Crippen LogP contribution in [-0.4, -0.2) is 30.9 Å². The first-order valence-corrected chi connectivity index (χ1v) is 8.64. The normalized spacial score (nSPS) is 18.3. The highest BCUT2D eigenvalue weighted by molar-refractivity contribution is 7.92. The van der Waals surface area contributed by atoms with Crippen LogP contribution in [0.25, 0.3) is 0 Å². The van der Waals surface area contributed by atoms with E-state index in [9.17, 15) is 13.2 Å². The summed E-state index contributed by atoms with van der Waals surface area (Å²) < 4.78 is 26.2. The van der Waals surface area contributed by atoms with E-state index < -0.39 is 20.7 Å². The van der Waals surface area contributed by atoms with Gasteiger partial charge in [-0.15, -0.1) is 0 Å². The Hall–Kier alpha value is -1.40. The van der Waals surface area contributed by atoms with Gasteiger partial charge < -0.3 is 5.11 Å². The molecule has 1 aromatic rings. The predicted octanol–water partition coefficient (Wildman–Crippen LogP) is 2.10. The number of benzene rings is 1. The van der Waals surface area contributed by atoms with Gasteiger partial charge in [-0.05, 0) is 31.4 Å². The number of rotatable bonds is 5. The number of nitrogens with one attached hydrogen (secondary N) is 1. The minimum Gasteiger partial charge on any atom is -0.480 e. The van der Waals surface area contributed by atoms with Crippen LogP contribution in [0, 0.1) is 6.92 Å². The molecule has 2 rings (SSSR count). The van der Waals surface area contributed by atoms with Crippen molar-refractivity contribution < 1.29 is 18.3 Å². The van der Waals surface area contributed by atoms with Crippen molar-refractivity contribution in [1.82, 2.24) is 5.32 Å². The van der Waals surface area contributed by atoms with Gasteiger partial charge in [-0.1, -0.05) is 37.5 Å². The quantitative estimate of drug-likeness (QED) is 0.870. The zero-order valence-corrected chi connectivity index (χ0v) is 12.9. The van der Waals surface area contributed by atoms with Crippen molar-refractivity contribution in [1.29, 1.82) is 0 Å². The molecule has 116 valence electrons. The Bertz CT molecular complexity index is 618. The van der Waals surface area contributed by atoms with Gasteiger partial charge in [0.15, 0.2) is 9.84 Å². The molecule has 2 N–H and O–H groups in total.